The van der Waals surface area contributed by atoms with E-state index in [0.29, 0.717) is 32.2 Å². The summed E-state index contributed by atoms with van der Waals surface area (Å²) >= 11 is 0. The molecule has 0 spiro atoms. The molecule has 2 aliphatic heterocycles. The van der Waals surface area contributed by atoms with Crippen LogP contribution in [0.5, 0.6) is 0 Å². The average Bonchev–Trinajstić information content (AvgIpc) is 3.28. The van der Waals surface area contributed by atoms with Crippen molar-refractivity contribution < 1.29 is 9.53 Å². The molecular weight excluding hydrogens is 412 g/mol. The fourth-order valence-electron chi connectivity index (χ4n) is 5.10. The molecular formula is C27H28N4O2. The van der Waals surface area contributed by atoms with Gasteiger partial charge < -0.3 is 14.6 Å². The van der Waals surface area contributed by atoms with E-state index in [1.807, 2.05) is 42.2 Å². The molecule has 0 bridgehead atoms. The van der Waals surface area contributed by atoms with Gasteiger partial charge in [0.25, 0.3) is 5.91 Å². The molecule has 1 amide bonds. The van der Waals surface area contributed by atoms with Crippen molar-refractivity contribution in [3.63, 3.8) is 0 Å². The van der Waals surface area contributed by atoms with Crippen molar-refractivity contribution in [2.24, 2.45) is 0 Å². The third-order valence-electron chi connectivity index (χ3n) is 6.95. The third-order valence-corrected chi connectivity index (χ3v) is 6.95. The molecule has 1 saturated heterocycles. The lowest BCUT2D eigenvalue weighted by Crippen LogP contribution is -2.38. The first-order chi connectivity index (χ1) is 16.0. The zero-order valence-corrected chi connectivity index (χ0v) is 19.1. The van der Waals surface area contributed by atoms with Crippen molar-refractivity contribution in [1.82, 2.24) is 14.9 Å². The van der Waals surface area contributed by atoms with Crippen LogP contribution in [-0.2, 0) is 17.8 Å². The molecule has 1 aromatic heterocycles. The van der Waals surface area contributed by atoms with E-state index in [1.165, 1.54) is 0 Å². The van der Waals surface area contributed by atoms with Crippen LogP contribution in [-0.4, -0.2) is 40.5 Å². The Bertz CT molecular complexity index is 1220. The lowest BCUT2D eigenvalue weighted by atomic mass is 9.86. The predicted octanol–water partition coefficient (Wildman–Crippen LogP) is 4.66. The van der Waals surface area contributed by atoms with Crippen LogP contribution in [0.15, 0.2) is 36.4 Å². The van der Waals surface area contributed by atoms with Gasteiger partial charge in [-0.2, -0.15) is 5.26 Å². The molecule has 0 radical (unpaired) electrons. The number of hydrogen-bond donors (Lipinski definition) is 1. The number of hydrogen-bond acceptors (Lipinski definition) is 4. The highest BCUT2D eigenvalue weighted by molar-refractivity contribution is 5.97. The topological polar surface area (TPSA) is 82.0 Å². The molecule has 3 aromatic rings. The molecule has 2 aromatic carbocycles. The Morgan fingerprint density at radius 3 is 2.73 bits per heavy atom. The average molecular weight is 441 g/mol. The van der Waals surface area contributed by atoms with Gasteiger partial charge in [0.2, 0.25) is 0 Å². The van der Waals surface area contributed by atoms with E-state index in [2.05, 4.69) is 24.0 Å². The van der Waals surface area contributed by atoms with Crippen molar-refractivity contribution in [2.75, 3.05) is 19.7 Å². The maximum absolute atomic E-state index is 13.5. The van der Waals surface area contributed by atoms with E-state index in [9.17, 15) is 10.1 Å². The minimum absolute atomic E-state index is 0.0698. The van der Waals surface area contributed by atoms with Crippen LogP contribution in [0.2, 0.25) is 0 Å². The minimum Gasteiger partial charge on any atom is -0.375 e. The SMILES string of the molecule is Cc1cc(C)c(-c2nc3c([nH]2)COCC3)cc1C(=O)N1CCC(c2ccccc2C#N)CC1. The zero-order valence-electron chi connectivity index (χ0n) is 19.1. The number of fused-ring (bicyclic) bond motifs is 1. The quantitative estimate of drug-likeness (QED) is 0.642. The molecule has 33 heavy (non-hydrogen) atoms. The number of benzene rings is 2. The summed E-state index contributed by atoms with van der Waals surface area (Å²) in [4.78, 5) is 23.7. The molecule has 5 rings (SSSR count). The fraction of sp³-hybridized carbons (Fsp3) is 0.370. The van der Waals surface area contributed by atoms with E-state index >= 15 is 0 Å². The molecule has 0 aliphatic carbocycles. The highest BCUT2D eigenvalue weighted by atomic mass is 16.5. The number of nitrogens with one attached hydrogen (secondary N) is 1. The standard InChI is InChI=1S/C27H28N4O2/c1-17-13-18(2)23(14-22(17)26-29-24-9-12-33-16-25(24)30-26)27(32)31-10-7-19(8-11-31)21-6-4-3-5-20(21)15-28/h3-6,13-14,19H,7-12,16H2,1-2H3,(H,29,30). The van der Waals surface area contributed by atoms with Gasteiger partial charge in [-0.15, -0.1) is 0 Å². The maximum atomic E-state index is 13.5. The number of ether oxygens (including phenoxy) is 1. The van der Waals surface area contributed by atoms with E-state index in [-0.39, 0.29) is 5.91 Å². The first-order valence-corrected chi connectivity index (χ1v) is 11.6. The highest BCUT2D eigenvalue weighted by Gasteiger charge is 2.27. The monoisotopic (exact) mass is 440 g/mol. The van der Waals surface area contributed by atoms with Gasteiger partial charge >= 0.3 is 0 Å². The van der Waals surface area contributed by atoms with Gasteiger partial charge in [-0.3, -0.25) is 4.79 Å². The summed E-state index contributed by atoms with van der Waals surface area (Å²) in [5.74, 6) is 1.19. The van der Waals surface area contributed by atoms with Crippen LogP contribution in [0.1, 0.15) is 62.8 Å². The van der Waals surface area contributed by atoms with Crippen LogP contribution in [0.3, 0.4) is 0 Å². The Morgan fingerprint density at radius 2 is 1.97 bits per heavy atom. The molecule has 1 N–H and O–H groups in total. The van der Waals surface area contributed by atoms with E-state index < -0.39 is 0 Å². The smallest absolute Gasteiger partial charge is 0.254 e. The van der Waals surface area contributed by atoms with Gasteiger partial charge in [-0.25, -0.2) is 4.98 Å². The molecule has 3 heterocycles. The summed E-state index contributed by atoms with van der Waals surface area (Å²) in [5.41, 5.74) is 7.72. The van der Waals surface area contributed by atoms with E-state index in [1.54, 1.807) is 0 Å². The number of imidazole rings is 1. The number of piperidine rings is 1. The summed E-state index contributed by atoms with van der Waals surface area (Å²) in [7, 11) is 0. The van der Waals surface area contributed by atoms with Gasteiger partial charge in [-0.05, 0) is 61.4 Å². The number of nitrogens with zero attached hydrogens (tertiary/aromatic N) is 3. The number of aryl methyl sites for hydroxylation is 2. The van der Waals surface area contributed by atoms with Gasteiger partial charge in [-0.1, -0.05) is 24.3 Å². The van der Waals surface area contributed by atoms with Crippen molar-refractivity contribution >= 4 is 5.91 Å². The Labute approximate surface area is 194 Å². The molecule has 0 saturated carbocycles. The Hall–Kier alpha value is -3.43. The van der Waals surface area contributed by atoms with Crippen LogP contribution < -0.4 is 0 Å². The largest absolute Gasteiger partial charge is 0.375 e. The number of nitriles is 1. The van der Waals surface area contributed by atoms with Gasteiger partial charge in [0, 0.05) is 30.6 Å². The Kier molecular flexibility index (Phi) is 5.74. The molecule has 168 valence electrons. The van der Waals surface area contributed by atoms with Crippen molar-refractivity contribution in [3.8, 4) is 17.5 Å². The highest BCUT2D eigenvalue weighted by Crippen LogP contribution is 2.32. The van der Waals surface area contributed by atoms with Crippen LogP contribution in [0.4, 0.5) is 0 Å². The normalized spacial score (nSPS) is 16.3. The van der Waals surface area contributed by atoms with Gasteiger partial charge in [0.15, 0.2) is 0 Å². The fourth-order valence-corrected chi connectivity index (χ4v) is 5.10. The van der Waals surface area contributed by atoms with Crippen LogP contribution >= 0.6 is 0 Å². The number of aromatic amines is 1. The van der Waals surface area contributed by atoms with Crippen molar-refractivity contribution in [3.05, 3.63) is 75.6 Å². The van der Waals surface area contributed by atoms with E-state index in [0.717, 1.165) is 69.9 Å². The molecule has 6 heteroatoms. The number of amides is 1. The third kappa shape index (κ3) is 4.05. The Balaban J connectivity index is 1.36. The molecule has 1 fully saturated rings. The predicted molar refractivity (Wildman–Crippen MR) is 126 cm³/mol. The molecule has 0 unspecified atom stereocenters. The van der Waals surface area contributed by atoms with Crippen LogP contribution in [0, 0.1) is 25.2 Å². The first kappa shape index (κ1) is 21.4. The summed E-state index contributed by atoms with van der Waals surface area (Å²) in [6.07, 6.45) is 2.55. The second-order valence-corrected chi connectivity index (χ2v) is 9.06. The number of carbonyl (C=O) groups excluding carboxylic acids is 1. The summed E-state index contributed by atoms with van der Waals surface area (Å²) in [6, 6.07) is 14.2. The molecule has 6 nitrogen and oxygen atoms in total. The zero-order chi connectivity index (χ0) is 22.9. The second kappa shape index (κ2) is 8.84. The summed E-state index contributed by atoms with van der Waals surface area (Å²) in [6.45, 7) is 6.70. The van der Waals surface area contributed by atoms with Gasteiger partial charge in [0.1, 0.15) is 5.82 Å². The first-order valence-electron chi connectivity index (χ1n) is 11.6. The number of rotatable bonds is 3. The second-order valence-electron chi connectivity index (χ2n) is 9.06. The lowest BCUT2D eigenvalue weighted by Gasteiger charge is -2.33. The number of aromatic nitrogens is 2. The molecule has 0 atom stereocenters. The molecule has 2 aliphatic rings. The summed E-state index contributed by atoms with van der Waals surface area (Å²) < 4.78 is 5.54. The Morgan fingerprint density at radius 1 is 1.18 bits per heavy atom. The van der Waals surface area contributed by atoms with Gasteiger partial charge in [0.05, 0.1) is 36.2 Å². The summed E-state index contributed by atoms with van der Waals surface area (Å²) in [5, 5.41) is 9.44. The van der Waals surface area contributed by atoms with E-state index in [4.69, 9.17) is 9.72 Å². The lowest BCUT2D eigenvalue weighted by molar-refractivity contribution is 0.0712. The van der Waals surface area contributed by atoms with Crippen molar-refractivity contribution in [2.45, 2.75) is 45.6 Å². The minimum atomic E-state index is 0.0698. The van der Waals surface area contributed by atoms with Crippen LogP contribution in [0.25, 0.3) is 11.4 Å². The number of carbonyl (C=O) groups is 1. The number of likely N-dealkylation sites (tertiary alicyclic amines) is 1. The maximum Gasteiger partial charge on any atom is 0.254 e. The number of H-pyrrole nitrogens is 1. The van der Waals surface area contributed by atoms with Crippen molar-refractivity contribution in [1.29, 1.82) is 5.26 Å².